The number of nitrogens with zero attached hydrogens (tertiary/aromatic N) is 2. The van der Waals surface area contributed by atoms with Gasteiger partial charge in [0.25, 0.3) is 0 Å². The van der Waals surface area contributed by atoms with Crippen molar-refractivity contribution in [3.05, 3.63) is 18.2 Å². The predicted octanol–water partition coefficient (Wildman–Crippen LogP) is 1.23. The molecule has 17 heavy (non-hydrogen) atoms. The van der Waals surface area contributed by atoms with Gasteiger partial charge in [-0.2, -0.15) is 0 Å². The summed E-state index contributed by atoms with van der Waals surface area (Å²) in [5, 5.41) is 0. The Balaban J connectivity index is 1.55. The van der Waals surface area contributed by atoms with Crippen LogP contribution < -0.4 is 11.3 Å². The highest BCUT2D eigenvalue weighted by atomic mass is 15.2. The number of rotatable bonds is 5. The zero-order valence-corrected chi connectivity index (χ0v) is 10.5. The lowest BCUT2D eigenvalue weighted by molar-refractivity contribution is 0.388. The molecule has 94 valence electrons. The topological polar surface area (TPSA) is 55.9 Å². The zero-order valence-electron chi connectivity index (χ0n) is 10.5. The zero-order chi connectivity index (χ0) is 11.8. The Kier molecular flexibility index (Phi) is 2.92. The number of hydrogen-bond donors (Lipinski definition) is 2. The van der Waals surface area contributed by atoms with Crippen LogP contribution in [-0.4, -0.2) is 15.6 Å². The summed E-state index contributed by atoms with van der Waals surface area (Å²) in [5.41, 5.74) is 3.04. The van der Waals surface area contributed by atoms with Crippen molar-refractivity contribution in [3.8, 4) is 0 Å². The van der Waals surface area contributed by atoms with Crippen LogP contribution in [0.5, 0.6) is 0 Å². The minimum atomic E-state index is 0.488. The van der Waals surface area contributed by atoms with Gasteiger partial charge in [-0.05, 0) is 37.0 Å². The van der Waals surface area contributed by atoms with Crippen molar-refractivity contribution in [2.45, 2.75) is 38.1 Å². The summed E-state index contributed by atoms with van der Waals surface area (Å²) in [7, 11) is 2.05. The Morgan fingerprint density at radius 1 is 1.53 bits per heavy atom. The fourth-order valence-electron chi connectivity index (χ4n) is 3.78. The minimum Gasteiger partial charge on any atom is -0.338 e. The van der Waals surface area contributed by atoms with E-state index in [-0.39, 0.29) is 0 Å². The summed E-state index contributed by atoms with van der Waals surface area (Å²) >= 11 is 0. The Labute approximate surface area is 103 Å². The number of fused-ring (bicyclic) bond motifs is 1. The number of imidazole rings is 1. The third kappa shape index (κ3) is 2.00. The van der Waals surface area contributed by atoms with E-state index in [0.717, 1.165) is 36.4 Å². The Morgan fingerprint density at radius 2 is 2.29 bits per heavy atom. The molecule has 0 aromatic carbocycles. The first kappa shape index (κ1) is 11.2. The largest absolute Gasteiger partial charge is 0.338 e. The van der Waals surface area contributed by atoms with Gasteiger partial charge in [-0.15, -0.1) is 0 Å². The maximum absolute atomic E-state index is 5.72. The van der Waals surface area contributed by atoms with Crippen molar-refractivity contribution in [3.63, 3.8) is 0 Å². The third-order valence-corrected chi connectivity index (χ3v) is 4.75. The van der Waals surface area contributed by atoms with E-state index in [4.69, 9.17) is 5.84 Å². The molecule has 2 saturated carbocycles. The van der Waals surface area contributed by atoms with Crippen LogP contribution in [0.3, 0.4) is 0 Å². The SMILES string of the molecule is Cn1ccnc1CCC(NN)C1C2CCCC21. The van der Waals surface area contributed by atoms with Gasteiger partial charge in [0.15, 0.2) is 0 Å². The van der Waals surface area contributed by atoms with E-state index in [9.17, 15) is 0 Å². The molecule has 4 nitrogen and oxygen atoms in total. The van der Waals surface area contributed by atoms with Gasteiger partial charge in [0, 0.05) is 31.9 Å². The van der Waals surface area contributed by atoms with E-state index >= 15 is 0 Å². The molecule has 3 N–H and O–H groups in total. The molecule has 0 bridgehead atoms. The number of aryl methyl sites for hydroxylation is 2. The molecule has 2 fully saturated rings. The van der Waals surface area contributed by atoms with Crippen LogP contribution >= 0.6 is 0 Å². The van der Waals surface area contributed by atoms with E-state index in [1.54, 1.807) is 0 Å². The first-order chi connectivity index (χ1) is 8.31. The molecule has 2 aliphatic carbocycles. The quantitative estimate of drug-likeness (QED) is 0.595. The monoisotopic (exact) mass is 234 g/mol. The molecular weight excluding hydrogens is 212 g/mol. The van der Waals surface area contributed by atoms with Crippen molar-refractivity contribution >= 4 is 0 Å². The van der Waals surface area contributed by atoms with Crippen LogP contribution in [0, 0.1) is 17.8 Å². The van der Waals surface area contributed by atoms with Crippen molar-refractivity contribution in [2.24, 2.45) is 30.6 Å². The fourth-order valence-corrected chi connectivity index (χ4v) is 3.78. The maximum Gasteiger partial charge on any atom is 0.108 e. The van der Waals surface area contributed by atoms with E-state index in [1.165, 1.54) is 19.3 Å². The number of nitrogens with two attached hydrogens (primary N) is 1. The fraction of sp³-hybridized carbons (Fsp3) is 0.769. The molecule has 4 heteroatoms. The first-order valence-electron chi connectivity index (χ1n) is 6.73. The molecule has 0 saturated heterocycles. The standard InChI is InChI=1S/C13H22N4/c1-17-8-7-15-12(17)6-5-11(16-14)13-9-3-2-4-10(9)13/h7-11,13,16H,2-6,14H2,1H3. The highest BCUT2D eigenvalue weighted by molar-refractivity contribution is 5.06. The lowest BCUT2D eigenvalue weighted by atomic mass is 10.0. The first-order valence-corrected chi connectivity index (χ1v) is 6.73. The van der Waals surface area contributed by atoms with Gasteiger partial charge in [-0.1, -0.05) is 6.42 Å². The molecule has 0 amide bonds. The van der Waals surface area contributed by atoms with Crippen LogP contribution in [0.15, 0.2) is 12.4 Å². The van der Waals surface area contributed by atoms with Gasteiger partial charge in [0.1, 0.15) is 5.82 Å². The van der Waals surface area contributed by atoms with E-state index in [1.807, 2.05) is 12.4 Å². The lowest BCUT2D eigenvalue weighted by Gasteiger charge is -2.17. The summed E-state index contributed by atoms with van der Waals surface area (Å²) < 4.78 is 2.10. The normalized spacial score (nSPS) is 32.5. The number of aromatic nitrogens is 2. The molecule has 0 aliphatic heterocycles. The van der Waals surface area contributed by atoms with Crippen molar-refractivity contribution in [1.29, 1.82) is 0 Å². The van der Waals surface area contributed by atoms with Crippen LogP contribution in [-0.2, 0) is 13.5 Å². The summed E-state index contributed by atoms with van der Waals surface area (Å²) in [6.45, 7) is 0. The third-order valence-electron chi connectivity index (χ3n) is 4.75. The molecule has 2 aliphatic rings. The van der Waals surface area contributed by atoms with Crippen LogP contribution in [0.25, 0.3) is 0 Å². The molecule has 0 spiro atoms. The Bertz CT molecular complexity index is 377. The van der Waals surface area contributed by atoms with Crippen molar-refractivity contribution in [2.75, 3.05) is 0 Å². The van der Waals surface area contributed by atoms with Crippen molar-refractivity contribution < 1.29 is 0 Å². The number of hydrazine groups is 1. The number of nitrogens with one attached hydrogen (secondary N) is 1. The molecule has 1 heterocycles. The molecule has 1 aromatic heterocycles. The van der Waals surface area contributed by atoms with Gasteiger partial charge in [-0.25, -0.2) is 4.98 Å². The highest BCUT2D eigenvalue weighted by Crippen LogP contribution is 2.59. The van der Waals surface area contributed by atoms with Crippen molar-refractivity contribution in [1.82, 2.24) is 15.0 Å². The second-order valence-electron chi connectivity index (χ2n) is 5.60. The van der Waals surface area contributed by atoms with Gasteiger partial charge >= 0.3 is 0 Å². The smallest absolute Gasteiger partial charge is 0.108 e. The highest BCUT2D eigenvalue weighted by Gasteiger charge is 2.55. The van der Waals surface area contributed by atoms with E-state index in [0.29, 0.717) is 6.04 Å². The van der Waals surface area contributed by atoms with Crippen LogP contribution in [0.4, 0.5) is 0 Å². The van der Waals surface area contributed by atoms with E-state index in [2.05, 4.69) is 22.0 Å². The van der Waals surface area contributed by atoms with Gasteiger partial charge in [0.2, 0.25) is 0 Å². The predicted molar refractivity (Wildman–Crippen MR) is 67.0 cm³/mol. The van der Waals surface area contributed by atoms with Gasteiger partial charge in [-0.3, -0.25) is 11.3 Å². The van der Waals surface area contributed by atoms with E-state index < -0.39 is 0 Å². The molecular formula is C13H22N4. The average molecular weight is 234 g/mol. The maximum atomic E-state index is 5.72. The molecule has 3 unspecified atom stereocenters. The average Bonchev–Trinajstić information content (AvgIpc) is 2.70. The van der Waals surface area contributed by atoms with Crippen LogP contribution in [0.2, 0.25) is 0 Å². The second kappa shape index (κ2) is 4.42. The summed E-state index contributed by atoms with van der Waals surface area (Å²) in [6, 6.07) is 0.488. The second-order valence-corrected chi connectivity index (χ2v) is 5.60. The summed E-state index contributed by atoms with van der Waals surface area (Å²) in [5.74, 6) is 9.66. The Morgan fingerprint density at radius 3 is 2.88 bits per heavy atom. The molecule has 1 aromatic rings. The summed E-state index contributed by atoms with van der Waals surface area (Å²) in [4.78, 5) is 4.37. The van der Waals surface area contributed by atoms with Gasteiger partial charge < -0.3 is 4.57 Å². The van der Waals surface area contributed by atoms with Gasteiger partial charge in [0.05, 0.1) is 0 Å². The summed E-state index contributed by atoms with van der Waals surface area (Å²) in [6.07, 6.45) is 10.3. The Hall–Kier alpha value is -0.870. The minimum absolute atomic E-state index is 0.488. The molecule has 3 rings (SSSR count). The number of hydrogen-bond acceptors (Lipinski definition) is 3. The lowest BCUT2D eigenvalue weighted by Crippen LogP contribution is -2.38. The van der Waals surface area contributed by atoms with Crippen LogP contribution in [0.1, 0.15) is 31.5 Å². The molecule has 0 radical (unpaired) electrons. The molecule has 3 atom stereocenters.